The van der Waals surface area contributed by atoms with Gasteiger partial charge in [-0.2, -0.15) is 0 Å². The summed E-state index contributed by atoms with van der Waals surface area (Å²) in [4.78, 5) is 15.6. The van der Waals surface area contributed by atoms with Gasteiger partial charge < -0.3 is 10.3 Å². The molecular formula is C11H21ClN4O. The van der Waals surface area contributed by atoms with Gasteiger partial charge in [-0.1, -0.05) is 13.8 Å². The Morgan fingerprint density at radius 1 is 1.53 bits per heavy atom. The van der Waals surface area contributed by atoms with Gasteiger partial charge in [0.15, 0.2) is 0 Å². The fourth-order valence-electron chi connectivity index (χ4n) is 1.44. The predicted octanol–water partition coefficient (Wildman–Crippen LogP) is 1.64. The summed E-state index contributed by atoms with van der Waals surface area (Å²) in [7, 11) is 0. The monoisotopic (exact) mass is 260 g/mol. The fraction of sp³-hybridized carbons (Fsp3) is 0.636. The van der Waals surface area contributed by atoms with Gasteiger partial charge in [-0.05, 0) is 12.8 Å². The SMILES string of the molecule is CC(C)Cn1ccnc1NC(=O)CC(C)N.Cl. The van der Waals surface area contributed by atoms with E-state index in [0.717, 1.165) is 6.54 Å². The summed E-state index contributed by atoms with van der Waals surface area (Å²) in [6.45, 7) is 6.88. The molecule has 1 aromatic heterocycles. The van der Waals surface area contributed by atoms with Crippen LogP contribution >= 0.6 is 12.4 Å². The zero-order valence-electron chi connectivity index (χ0n) is 10.5. The molecule has 1 unspecified atom stereocenters. The lowest BCUT2D eigenvalue weighted by Crippen LogP contribution is -2.25. The van der Waals surface area contributed by atoms with Crippen LogP contribution < -0.4 is 11.1 Å². The van der Waals surface area contributed by atoms with Crippen molar-refractivity contribution < 1.29 is 4.79 Å². The average Bonchev–Trinajstić information content (AvgIpc) is 2.50. The van der Waals surface area contributed by atoms with Crippen molar-refractivity contribution in [2.45, 2.75) is 39.8 Å². The molecule has 3 N–H and O–H groups in total. The molecule has 0 aliphatic heterocycles. The summed E-state index contributed by atoms with van der Waals surface area (Å²) in [5.74, 6) is 1.02. The Hall–Kier alpha value is -1.07. The van der Waals surface area contributed by atoms with Gasteiger partial charge >= 0.3 is 0 Å². The Labute approximate surface area is 108 Å². The lowest BCUT2D eigenvalue weighted by molar-refractivity contribution is -0.116. The molecule has 0 radical (unpaired) electrons. The van der Waals surface area contributed by atoms with Crippen LogP contribution in [0.3, 0.4) is 0 Å². The van der Waals surface area contributed by atoms with Crippen LogP contribution in [-0.4, -0.2) is 21.5 Å². The number of nitrogens with one attached hydrogen (secondary N) is 1. The van der Waals surface area contributed by atoms with E-state index in [-0.39, 0.29) is 24.4 Å². The topological polar surface area (TPSA) is 72.9 Å². The molecule has 0 saturated carbocycles. The van der Waals surface area contributed by atoms with Crippen LogP contribution in [0.15, 0.2) is 12.4 Å². The summed E-state index contributed by atoms with van der Waals surface area (Å²) < 4.78 is 1.93. The molecule has 1 rings (SSSR count). The zero-order valence-corrected chi connectivity index (χ0v) is 11.3. The van der Waals surface area contributed by atoms with Gasteiger partial charge in [0.25, 0.3) is 0 Å². The third kappa shape index (κ3) is 5.70. The summed E-state index contributed by atoms with van der Waals surface area (Å²) >= 11 is 0. The second kappa shape index (κ2) is 7.29. The molecule has 0 bridgehead atoms. The minimum Gasteiger partial charge on any atom is -0.327 e. The predicted molar refractivity (Wildman–Crippen MR) is 71.2 cm³/mol. The number of amides is 1. The minimum atomic E-state index is -0.131. The first-order valence-corrected chi connectivity index (χ1v) is 5.55. The lowest BCUT2D eigenvalue weighted by Gasteiger charge is -2.11. The average molecular weight is 261 g/mol. The van der Waals surface area contributed by atoms with Crippen molar-refractivity contribution in [3.63, 3.8) is 0 Å². The van der Waals surface area contributed by atoms with E-state index in [2.05, 4.69) is 24.1 Å². The summed E-state index contributed by atoms with van der Waals surface area (Å²) in [5, 5.41) is 2.76. The van der Waals surface area contributed by atoms with Crippen LogP contribution in [0.1, 0.15) is 27.2 Å². The molecule has 98 valence electrons. The maximum atomic E-state index is 11.5. The maximum absolute atomic E-state index is 11.5. The van der Waals surface area contributed by atoms with Crippen molar-refractivity contribution >= 4 is 24.3 Å². The van der Waals surface area contributed by atoms with Crippen LogP contribution in [0.4, 0.5) is 5.95 Å². The number of anilines is 1. The molecule has 0 spiro atoms. The third-order valence-electron chi connectivity index (χ3n) is 2.04. The van der Waals surface area contributed by atoms with E-state index in [9.17, 15) is 4.79 Å². The summed E-state index contributed by atoms with van der Waals surface area (Å²) in [6.07, 6.45) is 3.86. The Morgan fingerprint density at radius 3 is 2.71 bits per heavy atom. The number of carbonyl (C=O) groups excluding carboxylic acids is 1. The molecule has 0 aliphatic rings. The number of rotatable bonds is 5. The Bertz CT molecular complexity index is 349. The van der Waals surface area contributed by atoms with Crippen molar-refractivity contribution in [1.82, 2.24) is 9.55 Å². The van der Waals surface area contributed by atoms with Gasteiger partial charge in [-0.25, -0.2) is 4.98 Å². The van der Waals surface area contributed by atoms with Crippen LogP contribution in [0.25, 0.3) is 0 Å². The molecule has 0 saturated heterocycles. The largest absolute Gasteiger partial charge is 0.327 e. The van der Waals surface area contributed by atoms with Crippen LogP contribution in [0.2, 0.25) is 0 Å². The minimum absolute atomic E-state index is 0. The standard InChI is InChI=1S/C11H20N4O.ClH/c1-8(2)7-15-5-4-13-11(15)14-10(16)6-9(3)12;/h4-5,8-9H,6-7,12H2,1-3H3,(H,13,14,16);1H. The van der Waals surface area contributed by atoms with Gasteiger partial charge in [-0.15, -0.1) is 12.4 Å². The molecule has 1 aromatic rings. The van der Waals surface area contributed by atoms with Crippen LogP contribution in [0.5, 0.6) is 0 Å². The number of aromatic nitrogens is 2. The normalized spacial score (nSPS) is 12.1. The molecule has 0 aromatic carbocycles. The number of carbonyl (C=O) groups is 1. The second-order valence-corrected chi connectivity index (χ2v) is 4.53. The van der Waals surface area contributed by atoms with E-state index in [1.165, 1.54) is 0 Å². The van der Waals surface area contributed by atoms with E-state index in [0.29, 0.717) is 18.3 Å². The molecule has 0 fully saturated rings. The van der Waals surface area contributed by atoms with E-state index < -0.39 is 0 Å². The number of nitrogens with two attached hydrogens (primary N) is 1. The molecule has 1 amide bonds. The number of imidazole rings is 1. The molecule has 0 aliphatic carbocycles. The second-order valence-electron chi connectivity index (χ2n) is 4.53. The first-order valence-electron chi connectivity index (χ1n) is 5.55. The third-order valence-corrected chi connectivity index (χ3v) is 2.04. The van der Waals surface area contributed by atoms with Crippen molar-refractivity contribution in [2.24, 2.45) is 11.7 Å². The van der Waals surface area contributed by atoms with Crippen molar-refractivity contribution in [3.05, 3.63) is 12.4 Å². The molecule has 6 heteroatoms. The first-order chi connectivity index (χ1) is 7.49. The zero-order chi connectivity index (χ0) is 12.1. The molecule has 17 heavy (non-hydrogen) atoms. The number of nitrogens with zero attached hydrogens (tertiary/aromatic N) is 2. The van der Waals surface area contributed by atoms with Crippen LogP contribution in [-0.2, 0) is 11.3 Å². The van der Waals surface area contributed by atoms with E-state index in [1.54, 1.807) is 13.1 Å². The first kappa shape index (κ1) is 15.9. The Kier molecular flexibility index (Phi) is 6.83. The van der Waals surface area contributed by atoms with Gasteiger partial charge in [0.2, 0.25) is 11.9 Å². The summed E-state index contributed by atoms with van der Waals surface area (Å²) in [5.41, 5.74) is 5.55. The number of hydrogen-bond acceptors (Lipinski definition) is 3. The van der Waals surface area contributed by atoms with E-state index in [1.807, 2.05) is 10.8 Å². The van der Waals surface area contributed by atoms with Crippen molar-refractivity contribution in [3.8, 4) is 0 Å². The fourth-order valence-corrected chi connectivity index (χ4v) is 1.44. The van der Waals surface area contributed by atoms with Gasteiger partial charge in [-0.3, -0.25) is 10.1 Å². The molecule has 1 atom stereocenters. The lowest BCUT2D eigenvalue weighted by atomic mass is 10.2. The highest BCUT2D eigenvalue weighted by molar-refractivity contribution is 5.89. The molecule has 5 nitrogen and oxygen atoms in total. The quantitative estimate of drug-likeness (QED) is 0.845. The van der Waals surface area contributed by atoms with Gasteiger partial charge in [0.05, 0.1) is 0 Å². The Balaban J connectivity index is 0.00000256. The van der Waals surface area contributed by atoms with Crippen molar-refractivity contribution in [1.29, 1.82) is 0 Å². The molecule has 1 heterocycles. The van der Waals surface area contributed by atoms with Crippen molar-refractivity contribution in [2.75, 3.05) is 5.32 Å². The molecular weight excluding hydrogens is 240 g/mol. The van der Waals surface area contributed by atoms with Crippen LogP contribution in [0, 0.1) is 5.92 Å². The van der Waals surface area contributed by atoms with E-state index >= 15 is 0 Å². The van der Waals surface area contributed by atoms with Gasteiger partial charge in [0.1, 0.15) is 0 Å². The van der Waals surface area contributed by atoms with E-state index in [4.69, 9.17) is 5.73 Å². The number of hydrogen-bond donors (Lipinski definition) is 2. The highest BCUT2D eigenvalue weighted by Crippen LogP contribution is 2.08. The number of halogens is 1. The summed E-state index contributed by atoms with van der Waals surface area (Å²) in [6, 6.07) is -0.131. The highest BCUT2D eigenvalue weighted by Gasteiger charge is 2.09. The maximum Gasteiger partial charge on any atom is 0.228 e. The highest BCUT2D eigenvalue weighted by atomic mass is 35.5. The van der Waals surface area contributed by atoms with Gasteiger partial charge in [0, 0.05) is 31.4 Å². The Morgan fingerprint density at radius 2 is 2.18 bits per heavy atom. The smallest absolute Gasteiger partial charge is 0.228 e.